The van der Waals surface area contributed by atoms with Crippen molar-refractivity contribution >= 4 is 17.4 Å². The van der Waals surface area contributed by atoms with Gasteiger partial charge in [0, 0.05) is 37.7 Å². The van der Waals surface area contributed by atoms with Gasteiger partial charge in [-0.2, -0.15) is 0 Å². The maximum absolute atomic E-state index is 12.7. The zero-order chi connectivity index (χ0) is 18.7. The van der Waals surface area contributed by atoms with E-state index in [1.165, 1.54) is 6.33 Å². The van der Waals surface area contributed by atoms with Crippen LogP contribution in [0.15, 0.2) is 36.7 Å². The number of carbonyl (C=O) groups is 1. The highest BCUT2D eigenvalue weighted by molar-refractivity contribution is 6.03. The van der Waals surface area contributed by atoms with E-state index in [1.807, 2.05) is 24.3 Å². The maximum Gasteiger partial charge on any atom is 0.274 e. The second kappa shape index (κ2) is 7.62. The number of nitrogens with zero attached hydrogens (tertiary/aromatic N) is 3. The number of hydrogen-bond acceptors (Lipinski definition) is 6. The van der Waals surface area contributed by atoms with Crippen molar-refractivity contribution in [2.24, 2.45) is 0 Å². The quantitative estimate of drug-likeness (QED) is 0.894. The molecule has 2 fully saturated rings. The average Bonchev–Trinajstić information content (AvgIpc) is 3.17. The van der Waals surface area contributed by atoms with Gasteiger partial charge >= 0.3 is 0 Å². The number of ether oxygens (including phenoxy) is 2. The summed E-state index contributed by atoms with van der Waals surface area (Å²) in [5.41, 5.74) is 2.28. The Labute approximate surface area is 158 Å². The van der Waals surface area contributed by atoms with Crippen LogP contribution < -0.4 is 10.2 Å². The van der Waals surface area contributed by atoms with E-state index in [1.54, 1.807) is 6.07 Å². The third kappa shape index (κ3) is 3.79. The fraction of sp³-hybridized carbons (Fsp3) is 0.450. The fourth-order valence-electron chi connectivity index (χ4n) is 3.64. The number of hydrogen-bond donors (Lipinski definition) is 1. The molecule has 27 heavy (non-hydrogen) atoms. The van der Waals surface area contributed by atoms with E-state index in [2.05, 4.69) is 27.1 Å². The van der Waals surface area contributed by atoms with Crippen molar-refractivity contribution in [3.8, 4) is 0 Å². The molecule has 2 saturated heterocycles. The minimum atomic E-state index is -0.423. The predicted octanol–water partition coefficient (Wildman–Crippen LogP) is 2.63. The van der Waals surface area contributed by atoms with Gasteiger partial charge in [0.1, 0.15) is 17.8 Å². The normalized spacial score (nSPS) is 18.6. The number of para-hydroxylation sites is 1. The first-order valence-corrected chi connectivity index (χ1v) is 9.43. The van der Waals surface area contributed by atoms with Gasteiger partial charge in [-0.1, -0.05) is 25.1 Å². The summed E-state index contributed by atoms with van der Waals surface area (Å²) in [5.74, 6) is 0.107. The Morgan fingerprint density at radius 2 is 1.93 bits per heavy atom. The molecule has 0 bridgehead atoms. The van der Waals surface area contributed by atoms with E-state index < -0.39 is 5.79 Å². The summed E-state index contributed by atoms with van der Waals surface area (Å²) >= 11 is 0. The molecule has 0 aliphatic carbocycles. The SMILES string of the molecule is CCc1ccccc1NC(=O)c1cc(N2CCC3(CC2)OCCO3)ncn1. The number of amides is 1. The van der Waals surface area contributed by atoms with Crippen LogP contribution in [0.5, 0.6) is 0 Å². The van der Waals surface area contributed by atoms with Crippen LogP contribution in [0.3, 0.4) is 0 Å². The van der Waals surface area contributed by atoms with Gasteiger partial charge < -0.3 is 19.7 Å². The lowest BCUT2D eigenvalue weighted by atomic mass is 10.0. The van der Waals surface area contributed by atoms with E-state index in [-0.39, 0.29) is 5.91 Å². The smallest absolute Gasteiger partial charge is 0.274 e. The monoisotopic (exact) mass is 368 g/mol. The van der Waals surface area contributed by atoms with Crippen LogP contribution in [-0.2, 0) is 15.9 Å². The molecule has 1 aromatic heterocycles. The number of nitrogens with one attached hydrogen (secondary N) is 1. The Balaban J connectivity index is 1.45. The molecule has 3 heterocycles. The Morgan fingerprint density at radius 3 is 2.67 bits per heavy atom. The molecule has 7 nitrogen and oxygen atoms in total. The van der Waals surface area contributed by atoms with Gasteiger partial charge in [0.25, 0.3) is 5.91 Å². The first-order chi connectivity index (χ1) is 13.2. The summed E-state index contributed by atoms with van der Waals surface area (Å²) in [4.78, 5) is 23.3. The van der Waals surface area contributed by atoms with Crippen molar-refractivity contribution in [1.29, 1.82) is 0 Å². The van der Waals surface area contributed by atoms with Crippen LogP contribution in [0.1, 0.15) is 35.8 Å². The molecule has 0 saturated carbocycles. The summed E-state index contributed by atoms with van der Waals surface area (Å²) in [5, 5.41) is 2.96. The molecular weight excluding hydrogens is 344 g/mol. The molecule has 2 aliphatic heterocycles. The van der Waals surface area contributed by atoms with E-state index in [4.69, 9.17) is 9.47 Å². The Morgan fingerprint density at radius 1 is 1.19 bits per heavy atom. The van der Waals surface area contributed by atoms with E-state index >= 15 is 0 Å². The Hall–Kier alpha value is -2.51. The minimum absolute atomic E-state index is 0.226. The van der Waals surface area contributed by atoms with Crippen molar-refractivity contribution in [3.63, 3.8) is 0 Å². The molecule has 142 valence electrons. The van der Waals surface area contributed by atoms with Crippen molar-refractivity contribution in [3.05, 3.63) is 47.9 Å². The third-order valence-corrected chi connectivity index (χ3v) is 5.19. The highest BCUT2D eigenvalue weighted by atomic mass is 16.7. The number of piperidine rings is 1. The van der Waals surface area contributed by atoms with Gasteiger partial charge in [-0.05, 0) is 18.1 Å². The fourth-order valence-corrected chi connectivity index (χ4v) is 3.64. The first kappa shape index (κ1) is 17.9. The molecule has 4 rings (SSSR count). The van der Waals surface area contributed by atoms with Crippen LogP contribution in [0.2, 0.25) is 0 Å². The molecule has 1 spiro atoms. The van der Waals surface area contributed by atoms with Crippen LogP contribution in [0.4, 0.5) is 11.5 Å². The lowest BCUT2D eigenvalue weighted by Crippen LogP contribution is -2.45. The second-order valence-corrected chi connectivity index (χ2v) is 6.82. The van der Waals surface area contributed by atoms with E-state index in [0.29, 0.717) is 18.9 Å². The summed E-state index contributed by atoms with van der Waals surface area (Å²) in [6, 6.07) is 9.55. The van der Waals surface area contributed by atoms with Crippen LogP contribution in [0, 0.1) is 0 Å². The van der Waals surface area contributed by atoms with E-state index in [0.717, 1.165) is 49.4 Å². The summed E-state index contributed by atoms with van der Waals surface area (Å²) in [7, 11) is 0. The number of aryl methyl sites for hydroxylation is 1. The van der Waals surface area contributed by atoms with Crippen molar-refractivity contribution in [1.82, 2.24) is 9.97 Å². The second-order valence-electron chi connectivity index (χ2n) is 6.82. The van der Waals surface area contributed by atoms with Gasteiger partial charge in [-0.15, -0.1) is 0 Å². The molecule has 7 heteroatoms. The van der Waals surface area contributed by atoms with Crippen molar-refractivity contribution in [2.75, 3.05) is 36.5 Å². The van der Waals surface area contributed by atoms with E-state index in [9.17, 15) is 4.79 Å². The summed E-state index contributed by atoms with van der Waals surface area (Å²) < 4.78 is 11.5. The highest BCUT2D eigenvalue weighted by Crippen LogP contribution is 2.32. The standard InChI is InChI=1S/C20H24N4O3/c1-2-15-5-3-4-6-16(15)23-19(25)17-13-18(22-14-21-17)24-9-7-20(8-10-24)26-11-12-27-20/h3-6,13-14H,2,7-12H2,1H3,(H,23,25). The molecule has 2 aromatic rings. The summed E-state index contributed by atoms with van der Waals surface area (Å²) in [6.07, 6.45) is 3.89. The van der Waals surface area contributed by atoms with Crippen LogP contribution in [0.25, 0.3) is 0 Å². The lowest BCUT2D eigenvalue weighted by Gasteiger charge is -2.38. The number of carbonyl (C=O) groups excluding carboxylic acids is 1. The number of anilines is 2. The largest absolute Gasteiger partial charge is 0.356 e. The number of aromatic nitrogens is 2. The Bertz CT molecular complexity index is 810. The topological polar surface area (TPSA) is 76.6 Å². The molecule has 0 radical (unpaired) electrons. The van der Waals surface area contributed by atoms with Gasteiger partial charge in [0.05, 0.1) is 13.2 Å². The van der Waals surface area contributed by atoms with Gasteiger partial charge in [0.2, 0.25) is 0 Å². The van der Waals surface area contributed by atoms with Crippen molar-refractivity contribution in [2.45, 2.75) is 32.0 Å². The Kier molecular flexibility index (Phi) is 5.05. The zero-order valence-electron chi connectivity index (χ0n) is 15.5. The number of benzene rings is 1. The molecule has 1 N–H and O–H groups in total. The van der Waals surface area contributed by atoms with Gasteiger partial charge in [0.15, 0.2) is 5.79 Å². The third-order valence-electron chi connectivity index (χ3n) is 5.19. The first-order valence-electron chi connectivity index (χ1n) is 9.43. The zero-order valence-corrected chi connectivity index (χ0v) is 15.5. The maximum atomic E-state index is 12.7. The minimum Gasteiger partial charge on any atom is -0.356 e. The summed E-state index contributed by atoms with van der Waals surface area (Å²) in [6.45, 7) is 4.94. The average molecular weight is 368 g/mol. The van der Waals surface area contributed by atoms with Crippen molar-refractivity contribution < 1.29 is 14.3 Å². The molecule has 1 amide bonds. The molecule has 0 unspecified atom stereocenters. The highest BCUT2D eigenvalue weighted by Gasteiger charge is 2.40. The number of rotatable bonds is 4. The molecule has 0 atom stereocenters. The van der Waals surface area contributed by atoms with Gasteiger partial charge in [-0.25, -0.2) is 9.97 Å². The predicted molar refractivity (Wildman–Crippen MR) is 102 cm³/mol. The molecule has 2 aliphatic rings. The van der Waals surface area contributed by atoms with Crippen LogP contribution in [-0.4, -0.2) is 48.0 Å². The molecular formula is C20H24N4O3. The van der Waals surface area contributed by atoms with Crippen LogP contribution >= 0.6 is 0 Å². The van der Waals surface area contributed by atoms with Gasteiger partial charge in [-0.3, -0.25) is 4.79 Å². The molecule has 1 aromatic carbocycles. The lowest BCUT2D eigenvalue weighted by molar-refractivity contribution is -0.169.